The van der Waals surface area contributed by atoms with Crippen LogP contribution in [0.5, 0.6) is 0 Å². The van der Waals surface area contributed by atoms with Crippen molar-refractivity contribution in [1.29, 1.82) is 0 Å². The first kappa shape index (κ1) is 18.6. The first-order valence-corrected chi connectivity index (χ1v) is 9.08. The first-order valence-electron chi connectivity index (χ1n) is 8.20. The van der Waals surface area contributed by atoms with E-state index in [1.807, 2.05) is 49.0 Å². The molecule has 0 fully saturated rings. The minimum atomic E-state index is -0.0932. The summed E-state index contributed by atoms with van der Waals surface area (Å²) in [6.45, 7) is 6.99. The second-order valence-corrected chi connectivity index (χ2v) is 7.41. The van der Waals surface area contributed by atoms with Gasteiger partial charge in [0, 0.05) is 28.5 Å². The van der Waals surface area contributed by atoms with E-state index in [1.165, 1.54) is 4.90 Å². The molecule has 24 heavy (non-hydrogen) atoms. The normalized spacial score (nSPS) is 12.0. The van der Waals surface area contributed by atoms with E-state index in [2.05, 4.69) is 31.3 Å². The standard InChI is InChI=1S/C20H25NO2S/c1-5-15(3)24-18-10-11-19(14(2)12-18)21-20(22)17-8-6-16(7-9-17)13-23-4/h6-12,15H,5,13H2,1-4H3,(H,21,22). The van der Waals surface area contributed by atoms with Crippen LogP contribution in [-0.4, -0.2) is 18.3 Å². The molecule has 0 aliphatic heterocycles. The fourth-order valence-corrected chi connectivity index (χ4v) is 3.30. The number of hydrogen-bond donors (Lipinski definition) is 1. The number of rotatable bonds is 7. The number of carbonyl (C=O) groups is 1. The zero-order valence-electron chi connectivity index (χ0n) is 14.8. The molecule has 4 heteroatoms. The van der Waals surface area contributed by atoms with E-state index in [4.69, 9.17) is 4.74 Å². The van der Waals surface area contributed by atoms with Gasteiger partial charge in [-0.05, 0) is 54.8 Å². The van der Waals surface area contributed by atoms with Crippen LogP contribution in [0.15, 0.2) is 47.4 Å². The van der Waals surface area contributed by atoms with Gasteiger partial charge in [0.1, 0.15) is 0 Å². The number of nitrogens with one attached hydrogen (secondary N) is 1. The maximum Gasteiger partial charge on any atom is 0.255 e. The fourth-order valence-electron chi connectivity index (χ4n) is 2.28. The molecule has 0 heterocycles. The number of benzene rings is 2. The third-order valence-electron chi connectivity index (χ3n) is 3.89. The van der Waals surface area contributed by atoms with Gasteiger partial charge in [0.15, 0.2) is 0 Å². The predicted molar refractivity (Wildman–Crippen MR) is 102 cm³/mol. The van der Waals surface area contributed by atoms with Crippen LogP contribution < -0.4 is 5.32 Å². The van der Waals surface area contributed by atoms with Gasteiger partial charge in [-0.2, -0.15) is 0 Å². The second kappa shape index (κ2) is 8.90. The lowest BCUT2D eigenvalue weighted by Gasteiger charge is -2.12. The quantitative estimate of drug-likeness (QED) is 0.695. The van der Waals surface area contributed by atoms with Crippen LogP contribution >= 0.6 is 11.8 Å². The molecule has 0 spiro atoms. The smallest absolute Gasteiger partial charge is 0.255 e. The molecule has 3 nitrogen and oxygen atoms in total. The van der Waals surface area contributed by atoms with Gasteiger partial charge in [-0.15, -0.1) is 11.8 Å². The van der Waals surface area contributed by atoms with Gasteiger partial charge >= 0.3 is 0 Å². The Kier molecular flexibility index (Phi) is 6.88. The number of thioether (sulfide) groups is 1. The van der Waals surface area contributed by atoms with E-state index < -0.39 is 0 Å². The zero-order chi connectivity index (χ0) is 17.5. The summed E-state index contributed by atoms with van der Waals surface area (Å²) in [5.41, 5.74) is 3.63. The molecule has 0 saturated carbocycles. The van der Waals surface area contributed by atoms with E-state index in [9.17, 15) is 4.79 Å². The maximum absolute atomic E-state index is 12.4. The molecule has 0 aliphatic rings. The highest BCUT2D eigenvalue weighted by atomic mass is 32.2. The van der Waals surface area contributed by atoms with Crippen LogP contribution in [-0.2, 0) is 11.3 Å². The Hall–Kier alpha value is -1.78. The molecule has 2 aromatic carbocycles. The lowest BCUT2D eigenvalue weighted by molar-refractivity contribution is 0.102. The van der Waals surface area contributed by atoms with Crippen LogP contribution in [0.25, 0.3) is 0 Å². The SMILES string of the molecule is CCC(C)Sc1ccc(NC(=O)c2ccc(COC)cc2)c(C)c1. The van der Waals surface area contributed by atoms with Gasteiger partial charge in [0.2, 0.25) is 0 Å². The van der Waals surface area contributed by atoms with Crippen LogP contribution in [0, 0.1) is 6.92 Å². The Morgan fingerprint density at radius 2 is 1.92 bits per heavy atom. The van der Waals surface area contributed by atoms with Gasteiger partial charge in [-0.25, -0.2) is 0 Å². The van der Waals surface area contributed by atoms with Crippen LogP contribution in [0.3, 0.4) is 0 Å². The maximum atomic E-state index is 12.4. The monoisotopic (exact) mass is 343 g/mol. The molecule has 128 valence electrons. The van der Waals surface area contributed by atoms with Crippen molar-refractivity contribution >= 4 is 23.4 Å². The van der Waals surface area contributed by atoms with Crippen molar-refractivity contribution < 1.29 is 9.53 Å². The first-order chi connectivity index (χ1) is 11.5. The van der Waals surface area contributed by atoms with Gasteiger partial charge in [-0.3, -0.25) is 4.79 Å². The summed E-state index contributed by atoms with van der Waals surface area (Å²) < 4.78 is 5.08. The topological polar surface area (TPSA) is 38.3 Å². The number of amides is 1. The molecule has 1 atom stereocenters. The van der Waals surface area contributed by atoms with E-state index >= 15 is 0 Å². The van der Waals surface area contributed by atoms with Gasteiger partial charge in [-0.1, -0.05) is 26.0 Å². The number of hydrogen-bond acceptors (Lipinski definition) is 3. The van der Waals surface area contributed by atoms with Crippen molar-refractivity contribution in [3.8, 4) is 0 Å². The third kappa shape index (κ3) is 5.11. The van der Waals surface area contributed by atoms with E-state index in [-0.39, 0.29) is 5.91 Å². The Morgan fingerprint density at radius 3 is 2.50 bits per heavy atom. The molecular weight excluding hydrogens is 318 g/mol. The minimum Gasteiger partial charge on any atom is -0.380 e. The highest BCUT2D eigenvalue weighted by Crippen LogP contribution is 2.28. The molecule has 2 rings (SSSR count). The fraction of sp³-hybridized carbons (Fsp3) is 0.350. The van der Waals surface area contributed by atoms with E-state index in [1.54, 1.807) is 7.11 Å². The molecule has 0 aliphatic carbocycles. The van der Waals surface area contributed by atoms with Crippen LogP contribution in [0.4, 0.5) is 5.69 Å². The van der Waals surface area contributed by atoms with E-state index in [0.29, 0.717) is 17.4 Å². The van der Waals surface area contributed by atoms with Gasteiger partial charge < -0.3 is 10.1 Å². The summed E-state index contributed by atoms with van der Waals surface area (Å²) in [6, 6.07) is 13.7. The van der Waals surface area contributed by atoms with Crippen molar-refractivity contribution in [2.45, 2.75) is 43.9 Å². The second-order valence-electron chi connectivity index (χ2n) is 5.90. The molecular formula is C20H25NO2S. The average molecular weight is 343 g/mol. The van der Waals surface area contributed by atoms with Crippen molar-refractivity contribution in [3.63, 3.8) is 0 Å². The summed E-state index contributed by atoms with van der Waals surface area (Å²) >= 11 is 1.86. The van der Waals surface area contributed by atoms with Crippen LogP contribution in [0.1, 0.15) is 41.8 Å². The highest BCUT2D eigenvalue weighted by molar-refractivity contribution is 7.99. The van der Waals surface area contributed by atoms with E-state index in [0.717, 1.165) is 23.2 Å². The van der Waals surface area contributed by atoms with Gasteiger partial charge in [0.05, 0.1) is 6.61 Å². The number of anilines is 1. The van der Waals surface area contributed by atoms with Crippen LogP contribution in [0.2, 0.25) is 0 Å². The molecule has 1 amide bonds. The summed E-state index contributed by atoms with van der Waals surface area (Å²) in [7, 11) is 1.66. The number of ether oxygens (including phenoxy) is 1. The molecule has 2 aromatic rings. The lowest BCUT2D eigenvalue weighted by Crippen LogP contribution is -2.12. The molecule has 0 bridgehead atoms. The largest absolute Gasteiger partial charge is 0.380 e. The average Bonchev–Trinajstić information content (AvgIpc) is 2.58. The van der Waals surface area contributed by atoms with Crippen molar-refractivity contribution in [1.82, 2.24) is 0 Å². The Balaban J connectivity index is 2.05. The molecule has 0 saturated heterocycles. The summed E-state index contributed by atoms with van der Waals surface area (Å²) in [6.07, 6.45) is 1.14. The number of methoxy groups -OCH3 is 1. The van der Waals surface area contributed by atoms with Crippen molar-refractivity contribution in [2.75, 3.05) is 12.4 Å². The lowest BCUT2D eigenvalue weighted by atomic mass is 10.1. The zero-order valence-corrected chi connectivity index (χ0v) is 15.6. The predicted octanol–water partition coefficient (Wildman–Crippen LogP) is 5.28. The molecule has 0 radical (unpaired) electrons. The summed E-state index contributed by atoms with van der Waals surface area (Å²) in [5, 5.41) is 3.59. The number of aryl methyl sites for hydroxylation is 1. The van der Waals surface area contributed by atoms with Gasteiger partial charge in [0.25, 0.3) is 5.91 Å². The summed E-state index contributed by atoms with van der Waals surface area (Å²) in [4.78, 5) is 13.6. The minimum absolute atomic E-state index is 0.0932. The summed E-state index contributed by atoms with van der Waals surface area (Å²) in [5.74, 6) is -0.0932. The molecule has 1 unspecified atom stereocenters. The van der Waals surface area contributed by atoms with Crippen molar-refractivity contribution in [2.24, 2.45) is 0 Å². The molecule has 0 aromatic heterocycles. The van der Waals surface area contributed by atoms with Crippen molar-refractivity contribution in [3.05, 3.63) is 59.2 Å². The Morgan fingerprint density at radius 1 is 1.21 bits per heavy atom. The molecule has 1 N–H and O–H groups in total. The number of carbonyl (C=O) groups excluding carboxylic acids is 1. The Labute approximate surface area is 148 Å². The Bertz CT molecular complexity index is 683. The highest BCUT2D eigenvalue weighted by Gasteiger charge is 2.09. The third-order valence-corrected chi connectivity index (χ3v) is 5.15.